The second kappa shape index (κ2) is 2.12. The minimum Gasteiger partial charge on any atom is -0.377 e. The van der Waals surface area contributed by atoms with Crippen molar-refractivity contribution >= 4 is 16.5 Å². The molecular weight excluding hydrogens is 134 g/mol. The summed E-state index contributed by atoms with van der Waals surface area (Å²) in [5.41, 5.74) is 1.31. The second-order valence-corrected chi connectivity index (χ2v) is 3.05. The van der Waals surface area contributed by atoms with Gasteiger partial charge in [-0.05, 0) is 16.8 Å². The molecule has 0 atom stereocenters. The van der Waals surface area contributed by atoms with Gasteiger partial charge in [0.1, 0.15) is 0 Å². The van der Waals surface area contributed by atoms with Gasteiger partial charge < -0.3 is 4.90 Å². The lowest BCUT2D eigenvalue weighted by atomic mass is 10.1. The second-order valence-electron chi connectivity index (χ2n) is 3.05. The molecule has 3 aromatic rings. The summed E-state index contributed by atoms with van der Waals surface area (Å²) >= 11 is 0. The first-order valence-corrected chi connectivity index (χ1v) is 3.77. The van der Waals surface area contributed by atoms with Gasteiger partial charge in [-0.15, -0.1) is 0 Å². The molecular formula is C10H11N. The predicted octanol–water partition coefficient (Wildman–Crippen LogP) is 2.34. The van der Waals surface area contributed by atoms with Gasteiger partial charge in [-0.25, -0.2) is 0 Å². The molecule has 0 unspecified atom stereocenters. The third-order valence-electron chi connectivity index (χ3n) is 1.99. The number of benzene rings is 3. The van der Waals surface area contributed by atoms with E-state index in [0.29, 0.717) is 0 Å². The molecule has 11 heavy (non-hydrogen) atoms. The van der Waals surface area contributed by atoms with Crippen molar-refractivity contribution in [2.45, 2.75) is 0 Å². The van der Waals surface area contributed by atoms with Crippen molar-refractivity contribution in [2.75, 3.05) is 19.0 Å². The van der Waals surface area contributed by atoms with Crippen molar-refractivity contribution in [3.05, 3.63) is 30.3 Å². The number of hydrogen-bond acceptors (Lipinski definition) is 1. The SMILES string of the molecule is CN(C)c1cc2ccc1cc2. The number of nitrogens with zero attached hydrogens (tertiary/aromatic N) is 1. The van der Waals surface area contributed by atoms with Crippen LogP contribution in [0.3, 0.4) is 0 Å². The Morgan fingerprint density at radius 3 is 1.91 bits per heavy atom. The van der Waals surface area contributed by atoms with Crippen LogP contribution in [-0.4, -0.2) is 14.1 Å². The van der Waals surface area contributed by atoms with Gasteiger partial charge >= 0.3 is 0 Å². The maximum absolute atomic E-state index is 2.20. The van der Waals surface area contributed by atoms with Crippen molar-refractivity contribution in [3.63, 3.8) is 0 Å². The average molecular weight is 145 g/mol. The molecule has 2 bridgehead atoms. The van der Waals surface area contributed by atoms with Crippen molar-refractivity contribution in [1.82, 2.24) is 0 Å². The maximum atomic E-state index is 2.20. The Kier molecular flexibility index (Phi) is 1.25. The molecule has 0 radical (unpaired) electrons. The predicted molar refractivity (Wildman–Crippen MR) is 49.5 cm³/mol. The number of rotatable bonds is 1. The van der Waals surface area contributed by atoms with Gasteiger partial charge in [0.05, 0.1) is 0 Å². The van der Waals surface area contributed by atoms with E-state index in [9.17, 15) is 0 Å². The van der Waals surface area contributed by atoms with Gasteiger partial charge in [0.2, 0.25) is 0 Å². The highest BCUT2D eigenvalue weighted by molar-refractivity contribution is 5.85. The minimum atomic E-state index is 1.30. The minimum absolute atomic E-state index is 1.30. The molecule has 3 rings (SSSR count). The van der Waals surface area contributed by atoms with E-state index in [0.717, 1.165) is 0 Å². The number of anilines is 1. The van der Waals surface area contributed by atoms with E-state index in [4.69, 9.17) is 0 Å². The fourth-order valence-corrected chi connectivity index (χ4v) is 1.38. The summed E-state index contributed by atoms with van der Waals surface area (Å²) in [4.78, 5) is 2.14. The Hall–Kier alpha value is -1.24. The van der Waals surface area contributed by atoms with Crippen LogP contribution in [-0.2, 0) is 0 Å². The topological polar surface area (TPSA) is 3.24 Å². The number of fused-ring (bicyclic) bond motifs is 3. The molecule has 0 saturated carbocycles. The zero-order valence-electron chi connectivity index (χ0n) is 6.83. The summed E-state index contributed by atoms with van der Waals surface area (Å²) in [6.45, 7) is 0. The summed E-state index contributed by atoms with van der Waals surface area (Å²) in [6.07, 6.45) is 0. The largest absolute Gasteiger partial charge is 0.377 e. The molecule has 0 saturated heterocycles. The Bertz CT molecular complexity index is 331. The van der Waals surface area contributed by atoms with Gasteiger partial charge in [-0.2, -0.15) is 0 Å². The monoisotopic (exact) mass is 145 g/mol. The summed E-state index contributed by atoms with van der Waals surface area (Å²) < 4.78 is 0. The van der Waals surface area contributed by atoms with E-state index in [2.05, 4.69) is 49.3 Å². The summed E-state index contributed by atoms with van der Waals surface area (Å²) in [6, 6.07) is 10.8. The zero-order chi connectivity index (χ0) is 7.84. The first kappa shape index (κ1) is 6.47. The summed E-state index contributed by atoms with van der Waals surface area (Å²) in [5.74, 6) is 0. The molecule has 0 heterocycles. The van der Waals surface area contributed by atoms with Crippen molar-refractivity contribution in [1.29, 1.82) is 0 Å². The van der Waals surface area contributed by atoms with Gasteiger partial charge in [-0.3, -0.25) is 0 Å². The molecule has 0 aliphatic heterocycles. The third kappa shape index (κ3) is 0.929. The van der Waals surface area contributed by atoms with Crippen molar-refractivity contribution in [3.8, 4) is 0 Å². The van der Waals surface area contributed by atoms with Crippen molar-refractivity contribution in [2.24, 2.45) is 0 Å². The smallest absolute Gasteiger partial charge is 0.0440 e. The highest BCUT2D eigenvalue weighted by Gasteiger charge is 2.00. The Labute approximate surface area is 66.6 Å². The Morgan fingerprint density at radius 2 is 1.64 bits per heavy atom. The van der Waals surface area contributed by atoms with Gasteiger partial charge in [-0.1, -0.05) is 24.3 Å². The van der Waals surface area contributed by atoms with Crippen LogP contribution in [0, 0.1) is 0 Å². The summed E-state index contributed by atoms with van der Waals surface area (Å²) in [5, 5.41) is 2.61. The van der Waals surface area contributed by atoms with E-state index in [1.54, 1.807) is 0 Å². The van der Waals surface area contributed by atoms with E-state index in [-0.39, 0.29) is 0 Å². The van der Waals surface area contributed by atoms with Crippen LogP contribution in [0.1, 0.15) is 0 Å². The summed E-state index contributed by atoms with van der Waals surface area (Å²) in [7, 11) is 4.14. The lowest BCUT2D eigenvalue weighted by molar-refractivity contribution is 1.14. The molecule has 0 aliphatic carbocycles. The van der Waals surface area contributed by atoms with Gasteiger partial charge in [0, 0.05) is 19.8 Å². The Morgan fingerprint density at radius 1 is 1.00 bits per heavy atom. The van der Waals surface area contributed by atoms with Crippen LogP contribution < -0.4 is 4.90 Å². The first-order chi connectivity index (χ1) is 5.27. The van der Waals surface area contributed by atoms with Gasteiger partial charge in [0.25, 0.3) is 0 Å². The van der Waals surface area contributed by atoms with E-state index in [1.165, 1.54) is 16.5 Å². The molecule has 0 aromatic heterocycles. The fraction of sp³-hybridized carbons (Fsp3) is 0.200. The average Bonchev–Trinajstić information content (AvgIpc) is 2.06. The zero-order valence-corrected chi connectivity index (χ0v) is 6.83. The standard InChI is InChI=1S/C10H11N/c1-11(2)10-7-8-3-5-9(10)6-4-8/h3-7H,1-2H3. The quantitative estimate of drug-likeness (QED) is 0.595. The first-order valence-electron chi connectivity index (χ1n) is 3.77. The normalized spacial score (nSPS) is 10.7. The van der Waals surface area contributed by atoms with Crippen LogP contribution in [0.4, 0.5) is 5.69 Å². The molecule has 3 aromatic carbocycles. The number of hydrogen-bond donors (Lipinski definition) is 0. The molecule has 1 nitrogen and oxygen atoms in total. The molecule has 0 spiro atoms. The van der Waals surface area contributed by atoms with Crippen LogP contribution in [0.15, 0.2) is 30.3 Å². The van der Waals surface area contributed by atoms with E-state index >= 15 is 0 Å². The van der Waals surface area contributed by atoms with Gasteiger partial charge in [0.15, 0.2) is 0 Å². The van der Waals surface area contributed by atoms with E-state index < -0.39 is 0 Å². The van der Waals surface area contributed by atoms with Crippen LogP contribution in [0.2, 0.25) is 0 Å². The highest BCUT2D eigenvalue weighted by Crippen LogP contribution is 2.24. The van der Waals surface area contributed by atoms with Crippen LogP contribution >= 0.6 is 0 Å². The fourth-order valence-electron chi connectivity index (χ4n) is 1.38. The molecule has 56 valence electrons. The van der Waals surface area contributed by atoms with Crippen molar-refractivity contribution < 1.29 is 0 Å². The molecule has 0 aliphatic rings. The lowest BCUT2D eigenvalue weighted by Crippen LogP contribution is -2.08. The van der Waals surface area contributed by atoms with E-state index in [1.807, 2.05) is 0 Å². The Balaban J connectivity index is 2.68. The third-order valence-corrected chi connectivity index (χ3v) is 1.99. The maximum Gasteiger partial charge on any atom is 0.0440 e. The molecule has 0 fully saturated rings. The molecule has 0 N–H and O–H groups in total. The van der Waals surface area contributed by atoms with Crippen LogP contribution in [0.5, 0.6) is 0 Å². The molecule has 0 amide bonds. The van der Waals surface area contributed by atoms with Crippen LogP contribution in [0.25, 0.3) is 10.8 Å². The highest BCUT2D eigenvalue weighted by atomic mass is 15.1. The molecule has 1 heteroatoms. The lowest BCUT2D eigenvalue weighted by Gasteiger charge is -2.15.